The lowest BCUT2D eigenvalue weighted by molar-refractivity contribution is 0.0551. The summed E-state index contributed by atoms with van der Waals surface area (Å²) in [6, 6.07) is 0.463. The number of rotatable bonds is 6. The zero-order chi connectivity index (χ0) is 13.6. The molecule has 1 saturated heterocycles. The van der Waals surface area contributed by atoms with Crippen molar-refractivity contribution in [1.29, 1.82) is 0 Å². The maximum absolute atomic E-state index is 9.57. The van der Waals surface area contributed by atoms with Crippen molar-refractivity contribution in [2.45, 2.75) is 58.2 Å². The van der Waals surface area contributed by atoms with Crippen LogP contribution in [0.3, 0.4) is 0 Å². The lowest BCUT2D eigenvalue weighted by atomic mass is 9.93. The van der Waals surface area contributed by atoms with Crippen LogP contribution < -0.4 is 5.32 Å². The van der Waals surface area contributed by atoms with Crippen molar-refractivity contribution in [3.05, 3.63) is 0 Å². The first-order valence-corrected chi connectivity index (χ1v) is 7.22. The molecule has 1 aliphatic heterocycles. The Morgan fingerprint density at radius 3 is 2.89 bits per heavy atom. The lowest BCUT2D eigenvalue weighted by Gasteiger charge is -2.36. The number of nitrogens with one attached hydrogen (secondary N) is 1. The Labute approximate surface area is 112 Å². The summed E-state index contributed by atoms with van der Waals surface area (Å²) in [6.07, 6.45) is 2.38. The van der Waals surface area contributed by atoms with E-state index < -0.39 is 0 Å². The minimum Gasteiger partial charge on any atom is -0.394 e. The predicted molar refractivity (Wildman–Crippen MR) is 74.9 cm³/mol. The van der Waals surface area contributed by atoms with Gasteiger partial charge in [-0.05, 0) is 40.2 Å². The van der Waals surface area contributed by atoms with Crippen molar-refractivity contribution in [2.24, 2.45) is 0 Å². The van der Waals surface area contributed by atoms with Gasteiger partial charge in [-0.15, -0.1) is 0 Å². The van der Waals surface area contributed by atoms with Crippen LogP contribution in [0.5, 0.6) is 0 Å². The fourth-order valence-electron chi connectivity index (χ4n) is 2.83. The highest BCUT2D eigenvalue weighted by Gasteiger charge is 2.28. The van der Waals surface area contributed by atoms with Crippen LogP contribution in [0.15, 0.2) is 0 Å². The molecular weight excluding hydrogens is 228 g/mol. The highest BCUT2D eigenvalue weighted by atomic mass is 16.5. The molecule has 108 valence electrons. The van der Waals surface area contributed by atoms with E-state index in [-0.39, 0.29) is 12.1 Å². The summed E-state index contributed by atoms with van der Waals surface area (Å²) in [5.41, 5.74) is -0.176. The minimum atomic E-state index is -0.176. The highest BCUT2D eigenvalue weighted by molar-refractivity contribution is 4.87. The van der Waals surface area contributed by atoms with E-state index in [2.05, 4.69) is 37.9 Å². The molecule has 18 heavy (non-hydrogen) atoms. The smallest absolute Gasteiger partial charge is 0.0673 e. The summed E-state index contributed by atoms with van der Waals surface area (Å²) in [4.78, 5) is 2.49. The predicted octanol–water partition coefficient (Wildman–Crippen LogP) is 1.24. The van der Waals surface area contributed by atoms with Crippen molar-refractivity contribution < 1.29 is 9.84 Å². The fraction of sp³-hybridized carbons (Fsp3) is 1.00. The quantitative estimate of drug-likeness (QED) is 0.752. The molecule has 1 fully saturated rings. The van der Waals surface area contributed by atoms with Gasteiger partial charge in [-0.2, -0.15) is 0 Å². The van der Waals surface area contributed by atoms with Gasteiger partial charge < -0.3 is 15.2 Å². The number of aliphatic hydroxyl groups is 1. The van der Waals surface area contributed by atoms with Gasteiger partial charge in [-0.1, -0.05) is 6.92 Å². The average molecular weight is 258 g/mol. The van der Waals surface area contributed by atoms with E-state index in [9.17, 15) is 5.11 Å². The second-order valence-electron chi connectivity index (χ2n) is 5.83. The van der Waals surface area contributed by atoms with E-state index in [0.29, 0.717) is 12.1 Å². The van der Waals surface area contributed by atoms with Gasteiger partial charge in [0.1, 0.15) is 0 Å². The Balaban J connectivity index is 2.53. The van der Waals surface area contributed by atoms with Crippen LogP contribution >= 0.6 is 0 Å². The number of hydrogen-bond donors (Lipinski definition) is 2. The zero-order valence-corrected chi connectivity index (χ0v) is 12.4. The maximum Gasteiger partial charge on any atom is 0.0673 e. The molecule has 0 bridgehead atoms. The molecule has 2 N–H and O–H groups in total. The summed E-state index contributed by atoms with van der Waals surface area (Å²) in [5.74, 6) is 0. The van der Waals surface area contributed by atoms with Crippen molar-refractivity contribution in [2.75, 3.05) is 32.8 Å². The van der Waals surface area contributed by atoms with Crippen molar-refractivity contribution in [1.82, 2.24) is 10.2 Å². The van der Waals surface area contributed by atoms with Gasteiger partial charge in [0, 0.05) is 31.3 Å². The Kier molecular flexibility index (Phi) is 6.57. The molecule has 4 heteroatoms. The van der Waals surface area contributed by atoms with E-state index in [4.69, 9.17) is 4.74 Å². The Morgan fingerprint density at radius 2 is 2.28 bits per heavy atom. The van der Waals surface area contributed by atoms with Crippen molar-refractivity contribution in [3.8, 4) is 0 Å². The van der Waals surface area contributed by atoms with E-state index >= 15 is 0 Å². The molecule has 0 spiro atoms. The number of ether oxygens (including phenoxy) is 1. The average Bonchev–Trinajstić information content (AvgIpc) is 2.54. The third-order valence-electron chi connectivity index (χ3n) is 3.81. The molecule has 0 aromatic heterocycles. The van der Waals surface area contributed by atoms with Gasteiger partial charge >= 0.3 is 0 Å². The third-order valence-corrected chi connectivity index (χ3v) is 3.81. The first-order valence-electron chi connectivity index (χ1n) is 7.22. The SMILES string of the molecule is CCNC(C)(CO)CC(C)N1CCCOC(C)C1. The number of nitrogens with zero attached hydrogens (tertiary/aromatic N) is 1. The molecule has 0 aliphatic carbocycles. The molecule has 3 unspecified atom stereocenters. The van der Waals surface area contributed by atoms with Gasteiger partial charge in [0.25, 0.3) is 0 Å². The fourth-order valence-corrected chi connectivity index (χ4v) is 2.83. The summed E-state index contributed by atoms with van der Waals surface area (Å²) in [5, 5.41) is 13.0. The van der Waals surface area contributed by atoms with Crippen molar-refractivity contribution in [3.63, 3.8) is 0 Å². The van der Waals surface area contributed by atoms with Gasteiger partial charge in [-0.25, -0.2) is 0 Å². The molecule has 4 nitrogen and oxygen atoms in total. The minimum absolute atomic E-state index is 0.176. The van der Waals surface area contributed by atoms with Gasteiger partial charge in [0.05, 0.1) is 12.7 Å². The van der Waals surface area contributed by atoms with Crippen LogP contribution in [0, 0.1) is 0 Å². The number of likely N-dealkylation sites (N-methyl/N-ethyl adjacent to an activating group) is 1. The Bertz CT molecular complexity index is 238. The van der Waals surface area contributed by atoms with E-state index in [1.807, 2.05) is 0 Å². The molecular formula is C14H30N2O2. The zero-order valence-electron chi connectivity index (χ0n) is 12.4. The van der Waals surface area contributed by atoms with Crippen LogP contribution in [-0.2, 0) is 4.74 Å². The van der Waals surface area contributed by atoms with Gasteiger partial charge in [0.15, 0.2) is 0 Å². The number of hydrogen-bond acceptors (Lipinski definition) is 4. The van der Waals surface area contributed by atoms with Gasteiger partial charge in [0.2, 0.25) is 0 Å². The first kappa shape index (κ1) is 15.9. The Hall–Kier alpha value is -0.160. The van der Waals surface area contributed by atoms with E-state index in [1.54, 1.807) is 0 Å². The molecule has 0 amide bonds. The molecule has 3 atom stereocenters. The number of aliphatic hydroxyl groups excluding tert-OH is 1. The van der Waals surface area contributed by atoms with Crippen LogP contribution in [0.25, 0.3) is 0 Å². The molecule has 1 aliphatic rings. The molecule has 0 aromatic carbocycles. The molecule has 0 radical (unpaired) electrons. The van der Waals surface area contributed by atoms with Crippen LogP contribution in [0.1, 0.15) is 40.5 Å². The molecule has 0 aromatic rings. The van der Waals surface area contributed by atoms with Crippen molar-refractivity contribution >= 4 is 0 Å². The summed E-state index contributed by atoms with van der Waals surface area (Å²) >= 11 is 0. The van der Waals surface area contributed by atoms with Gasteiger partial charge in [-0.3, -0.25) is 4.90 Å². The van der Waals surface area contributed by atoms with Crippen LogP contribution in [-0.4, -0.2) is 60.5 Å². The van der Waals surface area contributed by atoms with Crippen LogP contribution in [0.4, 0.5) is 0 Å². The highest BCUT2D eigenvalue weighted by Crippen LogP contribution is 2.18. The standard InChI is InChI=1S/C14H30N2O2/c1-5-15-14(4,11-17)9-12(2)16-7-6-8-18-13(3)10-16/h12-13,15,17H,5-11H2,1-4H3. The maximum atomic E-state index is 9.57. The van der Waals surface area contributed by atoms with E-state index in [1.165, 1.54) is 0 Å². The Morgan fingerprint density at radius 1 is 1.56 bits per heavy atom. The largest absolute Gasteiger partial charge is 0.394 e. The normalized spacial score (nSPS) is 27.5. The first-order chi connectivity index (χ1) is 8.50. The summed E-state index contributed by atoms with van der Waals surface area (Å²) < 4.78 is 5.68. The third kappa shape index (κ3) is 4.84. The molecule has 0 saturated carbocycles. The summed E-state index contributed by atoms with van der Waals surface area (Å²) in [7, 11) is 0. The molecule has 1 heterocycles. The second-order valence-corrected chi connectivity index (χ2v) is 5.83. The second kappa shape index (κ2) is 7.43. The summed E-state index contributed by atoms with van der Waals surface area (Å²) in [6.45, 7) is 12.6. The topological polar surface area (TPSA) is 44.7 Å². The lowest BCUT2D eigenvalue weighted by Crippen LogP contribution is -2.51. The van der Waals surface area contributed by atoms with Crippen LogP contribution in [0.2, 0.25) is 0 Å². The monoisotopic (exact) mass is 258 g/mol. The molecule has 1 rings (SSSR count). The van der Waals surface area contributed by atoms with E-state index in [0.717, 1.165) is 39.1 Å².